The SMILES string of the molecule is CCC(NCC1COc2ccccc2O1)C(C)C. The molecule has 3 nitrogen and oxygen atoms in total. The van der Waals surface area contributed by atoms with Gasteiger partial charge in [0.1, 0.15) is 12.7 Å². The van der Waals surface area contributed by atoms with Gasteiger partial charge in [-0.05, 0) is 24.5 Å². The molecule has 18 heavy (non-hydrogen) atoms. The van der Waals surface area contributed by atoms with Crippen molar-refractivity contribution >= 4 is 0 Å². The van der Waals surface area contributed by atoms with E-state index in [2.05, 4.69) is 26.1 Å². The highest BCUT2D eigenvalue weighted by molar-refractivity contribution is 5.40. The highest BCUT2D eigenvalue weighted by Crippen LogP contribution is 2.30. The lowest BCUT2D eigenvalue weighted by Gasteiger charge is -2.29. The molecule has 0 spiro atoms. The van der Waals surface area contributed by atoms with Crippen molar-refractivity contribution in [1.29, 1.82) is 0 Å². The molecule has 1 heterocycles. The Labute approximate surface area is 109 Å². The van der Waals surface area contributed by atoms with Crippen LogP contribution in [-0.4, -0.2) is 25.3 Å². The fourth-order valence-electron chi connectivity index (χ4n) is 2.30. The molecular weight excluding hydrogens is 226 g/mol. The van der Waals surface area contributed by atoms with E-state index in [1.54, 1.807) is 0 Å². The molecule has 100 valence electrons. The number of benzene rings is 1. The summed E-state index contributed by atoms with van der Waals surface area (Å²) >= 11 is 0. The maximum absolute atomic E-state index is 5.92. The molecule has 2 unspecified atom stereocenters. The van der Waals surface area contributed by atoms with E-state index in [0.717, 1.165) is 24.5 Å². The zero-order valence-electron chi connectivity index (χ0n) is 11.5. The number of fused-ring (bicyclic) bond motifs is 1. The van der Waals surface area contributed by atoms with Crippen LogP contribution in [0.5, 0.6) is 11.5 Å². The Morgan fingerprint density at radius 1 is 1.28 bits per heavy atom. The minimum atomic E-state index is 0.104. The largest absolute Gasteiger partial charge is 0.486 e. The van der Waals surface area contributed by atoms with Crippen LogP contribution in [-0.2, 0) is 0 Å². The summed E-state index contributed by atoms with van der Waals surface area (Å²) in [7, 11) is 0. The van der Waals surface area contributed by atoms with Gasteiger partial charge in [-0.25, -0.2) is 0 Å². The number of nitrogens with one attached hydrogen (secondary N) is 1. The Hall–Kier alpha value is -1.22. The molecule has 2 atom stereocenters. The molecule has 0 aliphatic carbocycles. The molecule has 0 saturated carbocycles. The molecule has 0 bridgehead atoms. The summed E-state index contributed by atoms with van der Waals surface area (Å²) < 4.78 is 11.6. The van der Waals surface area contributed by atoms with Crippen molar-refractivity contribution in [2.24, 2.45) is 5.92 Å². The molecular formula is C15H23NO2. The van der Waals surface area contributed by atoms with Gasteiger partial charge in [-0.2, -0.15) is 0 Å². The summed E-state index contributed by atoms with van der Waals surface area (Å²) in [5.74, 6) is 2.35. The number of hydrogen-bond acceptors (Lipinski definition) is 3. The van der Waals surface area contributed by atoms with Gasteiger partial charge in [-0.3, -0.25) is 0 Å². The zero-order valence-corrected chi connectivity index (χ0v) is 11.5. The third-order valence-electron chi connectivity index (χ3n) is 3.42. The van der Waals surface area contributed by atoms with Gasteiger partial charge in [0.15, 0.2) is 11.5 Å². The molecule has 0 amide bonds. The number of hydrogen-bond donors (Lipinski definition) is 1. The summed E-state index contributed by atoms with van der Waals surface area (Å²) in [6.07, 6.45) is 1.25. The van der Waals surface area contributed by atoms with Crippen LogP contribution in [0.15, 0.2) is 24.3 Å². The fraction of sp³-hybridized carbons (Fsp3) is 0.600. The van der Waals surface area contributed by atoms with Crippen molar-refractivity contribution < 1.29 is 9.47 Å². The van der Waals surface area contributed by atoms with E-state index in [-0.39, 0.29) is 6.10 Å². The quantitative estimate of drug-likeness (QED) is 0.870. The van der Waals surface area contributed by atoms with Crippen LogP contribution in [0, 0.1) is 5.92 Å². The fourth-order valence-corrected chi connectivity index (χ4v) is 2.30. The van der Waals surface area contributed by atoms with E-state index in [4.69, 9.17) is 9.47 Å². The zero-order chi connectivity index (χ0) is 13.0. The lowest BCUT2D eigenvalue weighted by atomic mass is 10.0. The molecule has 1 aromatic carbocycles. The highest BCUT2D eigenvalue weighted by Gasteiger charge is 2.21. The first-order chi connectivity index (χ1) is 8.70. The van der Waals surface area contributed by atoms with Crippen LogP contribution < -0.4 is 14.8 Å². The predicted molar refractivity (Wildman–Crippen MR) is 73.3 cm³/mol. The second kappa shape index (κ2) is 6.10. The number of para-hydroxylation sites is 2. The van der Waals surface area contributed by atoms with Crippen molar-refractivity contribution in [2.45, 2.75) is 39.3 Å². The Kier molecular flexibility index (Phi) is 4.48. The molecule has 0 aromatic heterocycles. The Morgan fingerprint density at radius 2 is 2.00 bits per heavy atom. The summed E-state index contributed by atoms with van der Waals surface area (Å²) in [5, 5.41) is 3.56. The normalized spacial score (nSPS) is 19.9. The van der Waals surface area contributed by atoms with Crippen molar-refractivity contribution in [3.05, 3.63) is 24.3 Å². The van der Waals surface area contributed by atoms with E-state index >= 15 is 0 Å². The van der Waals surface area contributed by atoms with Crippen LogP contribution in [0.25, 0.3) is 0 Å². The third-order valence-corrected chi connectivity index (χ3v) is 3.42. The topological polar surface area (TPSA) is 30.5 Å². The summed E-state index contributed by atoms with van der Waals surface area (Å²) in [4.78, 5) is 0. The highest BCUT2D eigenvalue weighted by atomic mass is 16.6. The van der Waals surface area contributed by atoms with Crippen LogP contribution in [0.1, 0.15) is 27.2 Å². The molecule has 3 heteroatoms. The number of ether oxygens (including phenoxy) is 2. The molecule has 1 aromatic rings. The lowest BCUT2D eigenvalue weighted by Crippen LogP contribution is -2.43. The standard InChI is InChI=1S/C15H23NO2/c1-4-13(11(2)3)16-9-12-10-17-14-7-5-6-8-15(14)18-12/h5-8,11-13,16H,4,9-10H2,1-3H3. The minimum Gasteiger partial charge on any atom is -0.486 e. The van der Waals surface area contributed by atoms with Gasteiger partial charge >= 0.3 is 0 Å². The average molecular weight is 249 g/mol. The van der Waals surface area contributed by atoms with Crippen LogP contribution >= 0.6 is 0 Å². The van der Waals surface area contributed by atoms with Gasteiger partial charge in [-0.1, -0.05) is 32.9 Å². The van der Waals surface area contributed by atoms with E-state index in [1.165, 1.54) is 0 Å². The van der Waals surface area contributed by atoms with E-state index in [1.807, 2.05) is 24.3 Å². The monoisotopic (exact) mass is 249 g/mol. The Morgan fingerprint density at radius 3 is 2.67 bits per heavy atom. The molecule has 0 fully saturated rings. The first-order valence-electron chi connectivity index (χ1n) is 6.82. The Balaban J connectivity index is 1.86. The molecule has 2 rings (SSSR count). The van der Waals surface area contributed by atoms with Gasteiger partial charge in [0, 0.05) is 12.6 Å². The van der Waals surface area contributed by atoms with E-state index in [0.29, 0.717) is 18.6 Å². The smallest absolute Gasteiger partial charge is 0.161 e. The van der Waals surface area contributed by atoms with E-state index in [9.17, 15) is 0 Å². The van der Waals surface area contributed by atoms with Crippen LogP contribution in [0.3, 0.4) is 0 Å². The van der Waals surface area contributed by atoms with Gasteiger partial charge in [0.05, 0.1) is 0 Å². The summed E-state index contributed by atoms with van der Waals surface area (Å²) in [5.41, 5.74) is 0. The molecule has 1 aliphatic heterocycles. The van der Waals surface area contributed by atoms with Gasteiger partial charge < -0.3 is 14.8 Å². The first-order valence-corrected chi connectivity index (χ1v) is 6.82. The Bertz CT molecular complexity index is 379. The van der Waals surface area contributed by atoms with Gasteiger partial charge in [0.25, 0.3) is 0 Å². The first kappa shape index (κ1) is 13.2. The summed E-state index contributed by atoms with van der Waals surface area (Å²) in [6, 6.07) is 8.39. The van der Waals surface area contributed by atoms with Crippen molar-refractivity contribution in [2.75, 3.05) is 13.2 Å². The molecule has 0 radical (unpaired) electrons. The van der Waals surface area contributed by atoms with Crippen LogP contribution in [0.2, 0.25) is 0 Å². The number of rotatable bonds is 5. The van der Waals surface area contributed by atoms with Gasteiger partial charge in [0.2, 0.25) is 0 Å². The average Bonchev–Trinajstić information content (AvgIpc) is 2.39. The maximum atomic E-state index is 5.92. The van der Waals surface area contributed by atoms with Crippen molar-refractivity contribution in [3.63, 3.8) is 0 Å². The molecule has 1 aliphatic rings. The minimum absolute atomic E-state index is 0.104. The molecule has 1 N–H and O–H groups in total. The maximum Gasteiger partial charge on any atom is 0.161 e. The molecule has 0 saturated heterocycles. The van der Waals surface area contributed by atoms with Gasteiger partial charge in [-0.15, -0.1) is 0 Å². The third kappa shape index (κ3) is 3.16. The second-order valence-corrected chi connectivity index (χ2v) is 5.16. The van der Waals surface area contributed by atoms with Crippen molar-refractivity contribution in [3.8, 4) is 11.5 Å². The van der Waals surface area contributed by atoms with Crippen molar-refractivity contribution in [1.82, 2.24) is 5.32 Å². The lowest BCUT2D eigenvalue weighted by molar-refractivity contribution is 0.0865. The van der Waals surface area contributed by atoms with Crippen LogP contribution in [0.4, 0.5) is 0 Å². The second-order valence-electron chi connectivity index (χ2n) is 5.16. The van der Waals surface area contributed by atoms with E-state index < -0.39 is 0 Å². The summed E-state index contributed by atoms with van der Waals surface area (Å²) in [6.45, 7) is 8.16. The predicted octanol–water partition coefficient (Wildman–Crippen LogP) is 2.85.